The number of anilines is 1. The largest absolute Gasteiger partial charge is 0.263 e. The lowest BCUT2D eigenvalue weighted by atomic mass is 10.1. The summed E-state index contributed by atoms with van der Waals surface area (Å²) >= 11 is 0. The first-order valence-corrected chi connectivity index (χ1v) is 9.31. The van der Waals surface area contributed by atoms with Crippen LogP contribution in [0.2, 0.25) is 0 Å². The summed E-state index contributed by atoms with van der Waals surface area (Å²) in [6.07, 6.45) is 3.93. The first kappa shape index (κ1) is 16.9. The summed E-state index contributed by atoms with van der Waals surface area (Å²) in [5, 5.41) is 0. The molecular weight excluding hydrogens is 332 g/mol. The van der Waals surface area contributed by atoms with Gasteiger partial charge in [0.25, 0.3) is 10.0 Å². The molecule has 1 aromatic heterocycles. The number of rotatable bonds is 5. The molecule has 0 aliphatic heterocycles. The number of pyridine rings is 1. The summed E-state index contributed by atoms with van der Waals surface area (Å²) in [6.45, 7) is 1.81. The lowest BCUT2D eigenvalue weighted by Crippen LogP contribution is -2.14. The third kappa shape index (κ3) is 4.55. The molecule has 4 nitrogen and oxygen atoms in total. The number of hydrogen-bond acceptors (Lipinski definition) is 3. The molecule has 0 saturated heterocycles. The highest BCUT2D eigenvalue weighted by molar-refractivity contribution is 7.92. The van der Waals surface area contributed by atoms with Gasteiger partial charge < -0.3 is 0 Å². The SMILES string of the molecule is Cc1cccc(NS(=O)(=O)c2ccc(/C=C/c3ccccc3)cc2)n1. The maximum absolute atomic E-state index is 12.4. The Kier molecular flexibility index (Phi) is 4.95. The Labute approximate surface area is 147 Å². The van der Waals surface area contributed by atoms with Crippen LogP contribution >= 0.6 is 0 Å². The van der Waals surface area contributed by atoms with E-state index in [0.29, 0.717) is 5.82 Å². The predicted molar refractivity (Wildman–Crippen MR) is 102 cm³/mol. The standard InChI is InChI=1S/C20H18N2O2S/c1-16-6-5-9-20(21-16)22-25(23,24)19-14-12-18(13-15-19)11-10-17-7-3-2-4-8-17/h2-15H,1H3,(H,21,22)/b11-10+. The molecule has 0 spiro atoms. The highest BCUT2D eigenvalue weighted by atomic mass is 32.2. The molecule has 1 heterocycles. The van der Waals surface area contributed by atoms with Crippen LogP contribution < -0.4 is 4.72 Å². The van der Waals surface area contributed by atoms with Gasteiger partial charge in [-0.05, 0) is 42.3 Å². The molecule has 0 saturated carbocycles. The van der Waals surface area contributed by atoms with E-state index in [1.54, 1.807) is 36.4 Å². The monoisotopic (exact) mass is 350 g/mol. The van der Waals surface area contributed by atoms with E-state index in [4.69, 9.17) is 0 Å². The van der Waals surface area contributed by atoms with Crippen LogP contribution in [0.25, 0.3) is 12.2 Å². The molecule has 0 fully saturated rings. The Morgan fingerprint density at radius 1 is 0.800 bits per heavy atom. The summed E-state index contributed by atoms with van der Waals surface area (Å²) in [6, 6.07) is 21.8. The maximum Gasteiger partial charge on any atom is 0.263 e. The zero-order chi connectivity index (χ0) is 17.7. The summed E-state index contributed by atoms with van der Waals surface area (Å²) in [4.78, 5) is 4.36. The van der Waals surface area contributed by atoms with Gasteiger partial charge in [0.15, 0.2) is 0 Å². The van der Waals surface area contributed by atoms with Crippen molar-refractivity contribution in [3.8, 4) is 0 Å². The van der Waals surface area contributed by atoms with E-state index >= 15 is 0 Å². The zero-order valence-corrected chi connectivity index (χ0v) is 14.6. The number of aromatic nitrogens is 1. The quantitative estimate of drug-likeness (QED) is 0.696. The Morgan fingerprint density at radius 2 is 1.44 bits per heavy atom. The van der Waals surface area contributed by atoms with Crippen molar-refractivity contribution in [2.45, 2.75) is 11.8 Å². The number of benzene rings is 2. The van der Waals surface area contributed by atoms with Gasteiger partial charge in [-0.2, -0.15) is 0 Å². The first-order valence-electron chi connectivity index (χ1n) is 7.83. The molecule has 5 heteroatoms. The van der Waals surface area contributed by atoms with Crippen molar-refractivity contribution < 1.29 is 8.42 Å². The summed E-state index contributed by atoms with van der Waals surface area (Å²) in [7, 11) is -3.65. The van der Waals surface area contributed by atoms with E-state index < -0.39 is 10.0 Å². The number of sulfonamides is 1. The molecule has 0 radical (unpaired) electrons. The number of aryl methyl sites for hydroxylation is 1. The second-order valence-corrected chi connectivity index (χ2v) is 7.27. The van der Waals surface area contributed by atoms with Gasteiger partial charge >= 0.3 is 0 Å². The minimum Gasteiger partial charge on any atom is -0.263 e. The van der Waals surface area contributed by atoms with Gasteiger partial charge in [-0.25, -0.2) is 13.4 Å². The molecule has 0 aliphatic carbocycles. The zero-order valence-electron chi connectivity index (χ0n) is 13.8. The molecule has 126 valence electrons. The number of nitrogens with one attached hydrogen (secondary N) is 1. The summed E-state index contributed by atoms with van der Waals surface area (Å²) in [5.74, 6) is 0.313. The fourth-order valence-corrected chi connectivity index (χ4v) is 3.31. The van der Waals surface area contributed by atoms with Gasteiger partial charge in [0.2, 0.25) is 0 Å². The lowest BCUT2D eigenvalue weighted by Gasteiger charge is -2.08. The lowest BCUT2D eigenvalue weighted by molar-refractivity contribution is 0.601. The Balaban J connectivity index is 1.76. The van der Waals surface area contributed by atoms with Crippen molar-refractivity contribution >= 4 is 28.0 Å². The van der Waals surface area contributed by atoms with E-state index in [2.05, 4.69) is 9.71 Å². The molecule has 1 N–H and O–H groups in total. The van der Waals surface area contributed by atoms with Gasteiger partial charge in [-0.1, -0.05) is 60.7 Å². The van der Waals surface area contributed by atoms with E-state index in [9.17, 15) is 8.42 Å². The van der Waals surface area contributed by atoms with Crippen molar-refractivity contribution in [3.63, 3.8) is 0 Å². The molecule has 0 bridgehead atoms. The predicted octanol–water partition coefficient (Wildman–Crippen LogP) is 4.36. The van der Waals surface area contributed by atoms with Crippen LogP contribution in [-0.4, -0.2) is 13.4 Å². The molecular formula is C20H18N2O2S. The fourth-order valence-electron chi connectivity index (χ4n) is 2.31. The van der Waals surface area contributed by atoms with Crippen LogP contribution in [0.1, 0.15) is 16.8 Å². The van der Waals surface area contributed by atoms with Crippen LogP contribution in [0.5, 0.6) is 0 Å². The van der Waals surface area contributed by atoms with E-state index in [1.165, 1.54) is 0 Å². The van der Waals surface area contributed by atoms with E-state index in [-0.39, 0.29) is 4.90 Å². The normalized spacial score (nSPS) is 11.6. The summed E-state index contributed by atoms with van der Waals surface area (Å²) in [5.41, 5.74) is 2.77. The molecule has 0 aliphatic rings. The van der Waals surface area contributed by atoms with Crippen molar-refractivity contribution in [2.24, 2.45) is 0 Å². The first-order chi connectivity index (χ1) is 12.0. The molecule has 0 amide bonds. The van der Waals surface area contributed by atoms with Crippen molar-refractivity contribution in [1.29, 1.82) is 0 Å². The summed E-state index contributed by atoms with van der Waals surface area (Å²) < 4.78 is 27.4. The minimum atomic E-state index is -3.65. The van der Waals surface area contributed by atoms with Crippen LogP contribution in [0.15, 0.2) is 77.7 Å². The third-order valence-corrected chi connectivity index (χ3v) is 4.96. The van der Waals surface area contributed by atoms with Gasteiger partial charge in [0.1, 0.15) is 5.82 Å². The highest BCUT2D eigenvalue weighted by Gasteiger charge is 2.14. The Morgan fingerprint density at radius 3 is 2.08 bits per heavy atom. The molecule has 3 rings (SSSR count). The highest BCUT2D eigenvalue weighted by Crippen LogP contribution is 2.16. The average molecular weight is 350 g/mol. The fraction of sp³-hybridized carbons (Fsp3) is 0.0500. The minimum absolute atomic E-state index is 0.202. The van der Waals surface area contributed by atoms with Crippen molar-refractivity contribution in [3.05, 3.63) is 89.6 Å². The second-order valence-electron chi connectivity index (χ2n) is 5.58. The number of nitrogens with zero attached hydrogens (tertiary/aromatic N) is 1. The molecule has 0 atom stereocenters. The maximum atomic E-state index is 12.4. The van der Waals surface area contributed by atoms with Crippen LogP contribution in [-0.2, 0) is 10.0 Å². The second kappa shape index (κ2) is 7.32. The topological polar surface area (TPSA) is 59.1 Å². The third-order valence-electron chi connectivity index (χ3n) is 3.59. The van der Waals surface area contributed by atoms with Crippen molar-refractivity contribution in [1.82, 2.24) is 4.98 Å². The Hall–Kier alpha value is -2.92. The molecule has 0 unspecified atom stereocenters. The molecule has 3 aromatic rings. The number of hydrogen-bond donors (Lipinski definition) is 1. The smallest absolute Gasteiger partial charge is 0.263 e. The van der Waals surface area contributed by atoms with Gasteiger partial charge in [-0.3, -0.25) is 4.72 Å². The van der Waals surface area contributed by atoms with Crippen LogP contribution in [0.4, 0.5) is 5.82 Å². The van der Waals surface area contributed by atoms with Gasteiger partial charge in [0, 0.05) is 5.69 Å². The van der Waals surface area contributed by atoms with E-state index in [0.717, 1.165) is 16.8 Å². The van der Waals surface area contributed by atoms with Crippen LogP contribution in [0.3, 0.4) is 0 Å². The average Bonchev–Trinajstić information content (AvgIpc) is 2.61. The molecule has 2 aromatic carbocycles. The van der Waals surface area contributed by atoms with Crippen LogP contribution in [0, 0.1) is 6.92 Å². The molecule has 25 heavy (non-hydrogen) atoms. The van der Waals surface area contributed by atoms with Gasteiger partial charge in [0.05, 0.1) is 4.90 Å². The van der Waals surface area contributed by atoms with Crippen molar-refractivity contribution in [2.75, 3.05) is 4.72 Å². The Bertz CT molecular complexity index is 980. The van der Waals surface area contributed by atoms with Gasteiger partial charge in [-0.15, -0.1) is 0 Å². The van der Waals surface area contributed by atoms with E-state index in [1.807, 2.05) is 55.5 Å².